The minimum absolute atomic E-state index is 0.659. The van der Waals surface area contributed by atoms with E-state index in [1.54, 1.807) is 17.6 Å². The summed E-state index contributed by atoms with van der Waals surface area (Å²) in [6.07, 6.45) is 7.76. The molecule has 0 aliphatic rings. The smallest absolute Gasteiger partial charge is 0.211 e. The van der Waals surface area contributed by atoms with Crippen LogP contribution in [0.5, 0.6) is 0 Å². The first-order valence-corrected chi connectivity index (χ1v) is 9.68. The third-order valence-corrected chi connectivity index (χ3v) is 5.08. The quantitative estimate of drug-likeness (QED) is 0.359. The van der Waals surface area contributed by atoms with Crippen LogP contribution in [0.15, 0.2) is 59.0 Å². The molecule has 2 aromatic heterocycles. The molecule has 0 radical (unpaired) electrons. The van der Waals surface area contributed by atoms with Crippen molar-refractivity contribution in [3.63, 3.8) is 0 Å². The number of thiazole rings is 1. The van der Waals surface area contributed by atoms with Gasteiger partial charge in [-0.05, 0) is 37.7 Å². The lowest BCUT2D eigenvalue weighted by atomic mass is 10.3. The van der Waals surface area contributed by atoms with Crippen molar-refractivity contribution < 1.29 is 4.57 Å². The summed E-state index contributed by atoms with van der Waals surface area (Å²) in [7, 11) is 0. The summed E-state index contributed by atoms with van der Waals surface area (Å²) in [5.74, 6) is 0. The first-order valence-electron chi connectivity index (χ1n) is 8.86. The van der Waals surface area contributed by atoms with E-state index in [9.17, 15) is 0 Å². The van der Waals surface area contributed by atoms with Gasteiger partial charge in [0.2, 0.25) is 4.80 Å². The molecule has 0 saturated heterocycles. The fraction of sp³-hybridized carbons (Fsp3) is 0.316. The molecule has 0 unspecified atom stereocenters. The lowest BCUT2D eigenvalue weighted by molar-refractivity contribution is -0.697. The summed E-state index contributed by atoms with van der Waals surface area (Å²) in [5, 5.41) is 8.78. The van der Waals surface area contributed by atoms with Crippen LogP contribution in [0, 0.1) is 0 Å². The van der Waals surface area contributed by atoms with Crippen molar-refractivity contribution in [1.29, 1.82) is 0 Å². The molecular weight excluding hydrogens is 344 g/mol. The van der Waals surface area contributed by atoms with Gasteiger partial charge in [0.05, 0.1) is 22.0 Å². The van der Waals surface area contributed by atoms with E-state index in [4.69, 9.17) is 11.5 Å². The molecule has 0 bridgehead atoms. The molecule has 0 fully saturated rings. The Kier molecular flexibility index (Phi) is 6.65. The second kappa shape index (κ2) is 9.38. The fourth-order valence-corrected chi connectivity index (χ4v) is 3.75. The maximum atomic E-state index is 5.68. The van der Waals surface area contributed by atoms with Crippen molar-refractivity contribution in [2.24, 2.45) is 21.7 Å². The minimum Gasteiger partial charge on any atom is -0.330 e. The van der Waals surface area contributed by atoms with Gasteiger partial charge in [-0.1, -0.05) is 23.5 Å². The number of hydrogen-bond acceptors (Lipinski definition) is 5. The predicted molar refractivity (Wildman–Crippen MR) is 107 cm³/mol. The molecule has 26 heavy (non-hydrogen) atoms. The molecule has 0 atom stereocenters. The Morgan fingerprint density at radius 3 is 2.77 bits per heavy atom. The predicted octanol–water partition coefficient (Wildman–Crippen LogP) is 1.62. The van der Waals surface area contributed by atoms with Gasteiger partial charge >= 0.3 is 0 Å². The highest BCUT2D eigenvalue weighted by molar-refractivity contribution is 7.16. The Balaban J connectivity index is 1.86. The summed E-state index contributed by atoms with van der Waals surface area (Å²) in [6, 6.07) is 12.3. The molecule has 6 nitrogen and oxygen atoms in total. The molecule has 3 rings (SSSR count). The number of para-hydroxylation sites is 1. The Morgan fingerprint density at radius 2 is 1.92 bits per heavy atom. The monoisotopic (exact) mass is 369 g/mol. The molecule has 4 N–H and O–H groups in total. The molecule has 136 valence electrons. The van der Waals surface area contributed by atoms with Gasteiger partial charge in [0.25, 0.3) is 0 Å². The van der Waals surface area contributed by atoms with E-state index in [0.29, 0.717) is 13.1 Å². The van der Waals surface area contributed by atoms with Crippen LogP contribution < -0.4 is 20.8 Å². The van der Waals surface area contributed by atoms with E-state index < -0.39 is 0 Å². The Bertz CT molecular complexity index is 940. The number of rotatable bonds is 8. The van der Waals surface area contributed by atoms with E-state index in [1.165, 1.54) is 10.2 Å². The van der Waals surface area contributed by atoms with Gasteiger partial charge in [-0.15, -0.1) is 5.10 Å². The van der Waals surface area contributed by atoms with Gasteiger partial charge in [-0.25, -0.2) is 4.57 Å². The summed E-state index contributed by atoms with van der Waals surface area (Å²) in [6.45, 7) is 3.10. The number of benzene rings is 1. The lowest BCUT2D eigenvalue weighted by Gasteiger charge is -2.02. The maximum Gasteiger partial charge on any atom is 0.211 e. The van der Waals surface area contributed by atoms with Crippen LogP contribution in [0.4, 0.5) is 0 Å². The topological polar surface area (TPSA) is 85.6 Å². The number of fused-ring (bicyclic) bond motifs is 1. The number of pyridine rings is 1. The Labute approximate surface area is 157 Å². The molecule has 0 aliphatic heterocycles. The van der Waals surface area contributed by atoms with Gasteiger partial charge < -0.3 is 16.0 Å². The summed E-state index contributed by atoms with van der Waals surface area (Å²) < 4.78 is 5.52. The van der Waals surface area contributed by atoms with Crippen LogP contribution in [0.25, 0.3) is 10.2 Å². The van der Waals surface area contributed by atoms with Crippen LogP contribution >= 0.6 is 11.3 Å². The normalized spacial score (nSPS) is 12.5. The summed E-state index contributed by atoms with van der Waals surface area (Å²) in [5.41, 5.74) is 13.5. The summed E-state index contributed by atoms with van der Waals surface area (Å²) >= 11 is 1.65. The van der Waals surface area contributed by atoms with Gasteiger partial charge in [-0.3, -0.25) is 0 Å². The zero-order valence-electron chi connectivity index (χ0n) is 14.8. The Morgan fingerprint density at radius 1 is 1.08 bits per heavy atom. The van der Waals surface area contributed by atoms with Crippen LogP contribution in [0.2, 0.25) is 0 Å². The number of aromatic nitrogens is 2. The van der Waals surface area contributed by atoms with Gasteiger partial charge in [0.15, 0.2) is 12.4 Å². The number of aryl methyl sites for hydroxylation is 2. The molecule has 2 heterocycles. The average Bonchev–Trinajstić information content (AvgIpc) is 3.02. The van der Waals surface area contributed by atoms with E-state index in [2.05, 4.69) is 37.7 Å². The van der Waals surface area contributed by atoms with Crippen LogP contribution in [-0.2, 0) is 13.1 Å². The van der Waals surface area contributed by atoms with Crippen molar-refractivity contribution in [3.8, 4) is 0 Å². The standard InChI is InChI=1S/C19H25N6S/c20-9-4-12-24-11-3-6-16(15-24)14-22-23-19-25(13-5-10-21)17-7-1-2-8-18(17)26-19/h1-3,6-8,11,14-15H,4-5,9-10,12-13,20-21H2/q+1/b22-14+,23-19-. The van der Waals surface area contributed by atoms with Crippen LogP contribution in [-0.4, -0.2) is 23.9 Å². The maximum absolute atomic E-state index is 5.68. The molecule has 7 heteroatoms. The van der Waals surface area contributed by atoms with E-state index in [0.717, 1.165) is 36.3 Å². The molecule has 1 aromatic carbocycles. The molecule has 0 saturated carbocycles. The second-order valence-corrected chi connectivity index (χ2v) is 7.02. The molecule has 0 spiro atoms. The molecule has 0 amide bonds. The molecule has 0 aliphatic carbocycles. The summed E-state index contributed by atoms with van der Waals surface area (Å²) in [4.78, 5) is 0.892. The van der Waals surface area contributed by atoms with E-state index in [1.807, 2.05) is 30.5 Å². The first-order chi connectivity index (χ1) is 12.8. The lowest BCUT2D eigenvalue weighted by Crippen LogP contribution is -2.34. The largest absolute Gasteiger partial charge is 0.330 e. The van der Waals surface area contributed by atoms with Crippen molar-refractivity contribution in [1.82, 2.24) is 4.57 Å². The highest BCUT2D eigenvalue weighted by Gasteiger charge is 2.05. The van der Waals surface area contributed by atoms with Gasteiger partial charge in [-0.2, -0.15) is 5.10 Å². The van der Waals surface area contributed by atoms with E-state index >= 15 is 0 Å². The highest BCUT2D eigenvalue weighted by Crippen LogP contribution is 2.16. The number of hydrogen-bond donors (Lipinski definition) is 2. The van der Waals surface area contributed by atoms with Crippen molar-refractivity contribution in [3.05, 3.63) is 59.2 Å². The number of nitrogens with two attached hydrogens (primary N) is 2. The van der Waals surface area contributed by atoms with Crippen molar-refractivity contribution in [2.45, 2.75) is 25.9 Å². The zero-order valence-corrected chi connectivity index (χ0v) is 15.6. The first kappa shape index (κ1) is 18.4. The molecule has 3 aromatic rings. The fourth-order valence-electron chi connectivity index (χ4n) is 2.74. The molecular formula is C19H25N6S+. The van der Waals surface area contributed by atoms with Gasteiger partial charge in [0.1, 0.15) is 6.54 Å². The highest BCUT2D eigenvalue weighted by atomic mass is 32.1. The van der Waals surface area contributed by atoms with Crippen LogP contribution in [0.1, 0.15) is 18.4 Å². The number of nitrogens with zero attached hydrogens (tertiary/aromatic N) is 4. The second-order valence-electron chi connectivity index (χ2n) is 6.01. The Hall–Kier alpha value is -2.35. The third kappa shape index (κ3) is 4.63. The third-order valence-electron chi connectivity index (χ3n) is 4.03. The van der Waals surface area contributed by atoms with Gasteiger partial charge in [0, 0.05) is 19.0 Å². The minimum atomic E-state index is 0.659. The van der Waals surface area contributed by atoms with Crippen molar-refractivity contribution >= 4 is 27.8 Å². The van der Waals surface area contributed by atoms with Crippen LogP contribution in [0.3, 0.4) is 0 Å². The average molecular weight is 370 g/mol. The van der Waals surface area contributed by atoms with Crippen molar-refractivity contribution in [2.75, 3.05) is 13.1 Å². The SMILES string of the molecule is NCCCn1/c(=N/N=C/c2ccc[n+](CCCN)c2)sc2ccccc21. The zero-order chi connectivity index (χ0) is 18.2. The van der Waals surface area contributed by atoms with E-state index in [-0.39, 0.29) is 0 Å².